The number of nitrogens with one attached hydrogen (secondary N) is 1. The molecule has 1 aliphatic heterocycles. The van der Waals surface area contributed by atoms with Gasteiger partial charge in [0.2, 0.25) is 15.9 Å². The predicted octanol–water partition coefficient (Wildman–Crippen LogP) is 2.96. The molecular formula is C21H26N2O4S. The van der Waals surface area contributed by atoms with E-state index in [4.69, 9.17) is 4.74 Å². The summed E-state index contributed by atoms with van der Waals surface area (Å²) in [6.07, 6.45) is 1.59. The zero-order valence-electron chi connectivity index (χ0n) is 16.5. The molecule has 1 amide bonds. The third kappa shape index (κ3) is 4.54. The van der Waals surface area contributed by atoms with Crippen LogP contribution in [0.15, 0.2) is 41.3 Å². The SMILES string of the molecule is CC(=O)N1CCCc2cc(S(=O)(=O)NCCOc3cc(C)ccc3C)ccc21. The Labute approximate surface area is 166 Å². The number of carbonyl (C=O) groups is 1. The molecule has 2 aromatic rings. The predicted molar refractivity (Wildman–Crippen MR) is 109 cm³/mol. The van der Waals surface area contributed by atoms with Gasteiger partial charge in [0, 0.05) is 25.7 Å². The molecule has 0 unspecified atom stereocenters. The van der Waals surface area contributed by atoms with Crippen LogP contribution >= 0.6 is 0 Å². The largest absolute Gasteiger partial charge is 0.492 e. The molecule has 6 nitrogen and oxygen atoms in total. The molecular weight excluding hydrogens is 376 g/mol. The van der Waals surface area contributed by atoms with Gasteiger partial charge in [-0.25, -0.2) is 13.1 Å². The lowest BCUT2D eigenvalue weighted by molar-refractivity contribution is -0.116. The van der Waals surface area contributed by atoms with Crippen molar-refractivity contribution in [1.82, 2.24) is 4.72 Å². The molecule has 0 spiro atoms. The Bertz CT molecular complexity index is 986. The normalized spacial score (nSPS) is 13.9. The minimum atomic E-state index is -3.64. The summed E-state index contributed by atoms with van der Waals surface area (Å²) in [4.78, 5) is 13.7. The van der Waals surface area contributed by atoms with Crippen LogP contribution in [0, 0.1) is 13.8 Å². The molecule has 0 saturated carbocycles. The Morgan fingerprint density at radius 2 is 1.96 bits per heavy atom. The number of hydrogen-bond donors (Lipinski definition) is 1. The average molecular weight is 403 g/mol. The van der Waals surface area contributed by atoms with Crippen LogP contribution in [0.1, 0.15) is 30.0 Å². The second-order valence-corrected chi connectivity index (χ2v) is 8.85. The maximum atomic E-state index is 12.6. The molecule has 0 saturated heterocycles. The number of benzene rings is 2. The van der Waals surface area contributed by atoms with Crippen molar-refractivity contribution in [3.05, 3.63) is 53.1 Å². The van der Waals surface area contributed by atoms with E-state index in [-0.39, 0.29) is 24.0 Å². The van der Waals surface area contributed by atoms with Crippen molar-refractivity contribution in [2.45, 2.75) is 38.5 Å². The number of carbonyl (C=O) groups excluding carboxylic acids is 1. The maximum Gasteiger partial charge on any atom is 0.240 e. The Morgan fingerprint density at radius 3 is 2.71 bits per heavy atom. The van der Waals surface area contributed by atoms with Gasteiger partial charge in [-0.05, 0) is 67.6 Å². The molecule has 3 rings (SSSR count). The van der Waals surface area contributed by atoms with Crippen molar-refractivity contribution in [3.8, 4) is 5.75 Å². The fourth-order valence-electron chi connectivity index (χ4n) is 3.35. The third-order valence-electron chi connectivity index (χ3n) is 4.86. The van der Waals surface area contributed by atoms with Crippen LogP contribution in [0.25, 0.3) is 0 Å². The zero-order valence-corrected chi connectivity index (χ0v) is 17.3. The lowest BCUT2D eigenvalue weighted by Crippen LogP contribution is -2.34. The quantitative estimate of drug-likeness (QED) is 0.754. The topological polar surface area (TPSA) is 75.7 Å². The van der Waals surface area contributed by atoms with E-state index in [1.165, 1.54) is 6.92 Å². The summed E-state index contributed by atoms with van der Waals surface area (Å²) in [5, 5.41) is 0. The number of sulfonamides is 1. The van der Waals surface area contributed by atoms with Crippen molar-refractivity contribution in [2.75, 3.05) is 24.6 Å². The van der Waals surface area contributed by atoms with Crippen LogP contribution in [-0.2, 0) is 21.2 Å². The van der Waals surface area contributed by atoms with Gasteiger partial charge in [-0.2, -0.15) is 0 Å². The van der Waals surface area contributed by atoms with E-state index in [9.17, 15) is 13.2 Å². The molecule has 0 aliphatic carbocycles. The molecule has 1 heterocycles. The summed E-state index contributed by atoms with van der Waals surface area (Å²) in [6.45, 7) is 6.55. The van der Waals surface area contributed by atoms with Crippen LogP contribution < -0.4 is 14.4 Å². The number of nitrogens with zero attached hydrogens (tertiary/aromatic N) is 1. The molecule has 2 aromatic carbocycles. The molecule has 150 valence electrons. The van der Waals surface area contributed by atoms with Crippen molar-refractivity contribution >= 4 is 21.6 Å². The Kier molecular flexibility index (Phi) is 6.05. The Balaban J connectivity index is 1.65. The summed E-state index contributed by atoms with van der Waals surface area (Å²) in [6, 6.07) is 10.9. The average Bonchev–Trinajstić information content (AvgIpc) is 2.66. The highest BCUT2D eigenvalue weighted by atomic mass is 32.2. The molecule has 0 aromatic heterocycles. The molecule has 0 bridgehead atoms. The van der Waals surface area contributed by atoms with Crippen LogP contribution in [0.4, 0.5) is 5.69 Å². The van der Waals surface area contributed by atoms with Gasteiger partial charge in [0.25, 0.3) is 0 Å². The van der Waals surface area contributed by atoms with Gasteiger partial charge in [0.05, 0.1) is 4.90 Å². The van der Waals surface area contributed by atoms with E-state index in [2.05, 4.69) is 4.72 Å². The maximum absolute atomic E-state index is 12.6. The van der Waals surface area contributed by atoms with Gasteiger partial charge in [-0.15, -0.1) is 0 Å². The third-order valence-corrected chi connectivity index (χ3v) is 6.31. The van der Waals surface area contributed by atoms with E-state index < -0.39 is 10.0 Å². The molecule has 1 N–H and O–H groups in total. The number of amides is 1. The van der Waals surface area contributed by atoms with E-state index in [0.29, 0.717) is 6.54 Å². The number of rotatable bonds is 6. The van der Waals surface area contributed by atoms with Crippen molar-refractivity contribution < 1.29 is 17.9 Å². The van der Waals surface area contributed by atoms with E-state index in [1.807, 2.05) is 32.0 Å². The van der Waals surface area contributed by atoms with Crippen molar-refractivity contribution in [1.29, 1.82) is 0 Å². The van der Waals surface area contributed by atoms with Crippen LogP contribution in [0.2, 0.25) is 0 Å². The fraction of sp³-hybridized carbons (Fsp3) is 0.381. The number of fused-ring (bicyclic) bond motifs is 1. The van der Waals surface area contributed by atoms with Gasteiger partial charge >= 0.3 is 0 Å². The summed E-state index contributed by atoms with van der Waals surface area (Å²) in [5.74, 6) is 0.732. The van der Waals surface area contributed by atoms with Gasteiger partial charge < -0.3 is 9.64 Å². The van der Waals surface area contributed by atoms with Gasteiger partial charge in [0.15, 0.2) is 0 Å². The van der Waals surface area contributed by atoms with Crippen molar-refractivity contribution in [3.63, 3.8) is 0 Å². The molecule has 0 radical (unpaired) electrons. The first-order valence-corrected chi connectivity index (χ1v) is 10.9. The number of anilines is 1. The van der Waals surface area contributed by atoms with E-state index in [1.54, 1.807) is 23.1 Å². The molecule has 7 heteroatoms. The number of ether oxygens (including phenoxy) is 1. The Hall–Kier alpha value is -2.38. The monoisotopic (exact) mass is 402 g/mol. The summed E-state index contributed by atoms with van der Waals surface area (Å²) < 4.78 is 33.5. The minimum Gasteiger partial charge on any atom is -0.492 e. The standard InChI is InChI=1S/C21H26N2O4S/c1-15-6-7-16(2)21(13-15)27-12-10-22-28(25,26)19-8-9-20-18(14-19)5-4-11-23(20)17(3)24/h6-9,13-14,22H,4-5,10-12H2,1-3H3. The van der Waals surface area contributed by atoms with Gasteiger partial charge in [-0.1, -0.05) is 12.1 Å². The fourth-order valence-corrected chi connectivity index (χ4v) is 4.41. The van der Waals surface area contributed by atoms with Crippen LogP contribution in [-0.4, -0.2) is 34.0 Å². The van der Waals surface area contributed by atoms with Gasteiger partial charge in [-0.3, -0.25) is 4.79 Å². The Morgan fingerprint density at radius 1 is 1.18 bits per heavy atom. The minimum absolute atomic E-state index is 0.0294. The van der Waals surface area contributed by atoms with Crippen LogP contribution in [0.5, 0.6) is 5.75 Å². The summed E-state index contributed by atoms with van der Waals surface area (Å²) >= 11 is 0. The van der Waals surface area contributed by atoms with E-state index >= 15 is 0 Å². The van der Waals surface area contributed by atoms with Crippen LogP contribution in [0.3, 0.4) is 0 Å². The second-order valence-electron chi connectivity index (χ2n) is 7.08. The highest BCUT2D eigenvalue weighted by molar-refractivity contribution is 7.89. The summed E-state index contributed by atoms with van der Waals surface area (Å²) in [7, 11) is -3.64. The molecule has 0 atom stereocenters. The first kappa shape index (κ1) is 20.4. The van der Waals surface area contributed by atoms with E-state index in [0.717, 1.165) is 41.0 Å². The first-order chi connectivity index (χ1) is 13.3. The smallest absolute Gasteiger partial charge is 0.240 e. The first-order valence-electron chi connectivity index (χ1n) is 9.39. The number of hydrogen-bond acceptors (Lipinski definition) is 4. The lowest BCUT2D eigenvalue weighted by Gasteiger charge is -2.28. The van der Waals surface area contributed by atoms with Crippen molar-refractivity contribution in [2.24, 2.45) is 0 Å². The highest BCUT2D eigenvalue weighted by Crippen LogP contribution is 2.29. The summed E-state index contributed by atoms with van der Waals surface area (Å²) in [5.41, 5.74) is 3.79. The lowest BCUT2D eigenvalue weighted by atomic mass is 10.0. The zero-order chi connectivity index (χ0) is 20.3. The molecule has 28 heavy (non-hydrogen) atoms. The molecule has 1 aliphatic rings. The van der Waals surface area contributed by atoms with Gasteiger partial charge in [0.1, 0.15) is 12.4 Å². The highest BCUT2D eigenvalue weighted by Gasteiger charge is 2.22. The molecule has 0 fully saturated rings. The second kappa shape index (κ2) is 8.32. The number of aryl methyl sites for hydroxylation is 3.